The lowest BCUT2D eigenvalue weighted by molar-refractivity contribution is -0.143. The second kappa shape index (κ2) is 4.44. The molecule has 0 unspecified atom stereocenters. The monoisotopic (exact) mass is 247 g/mol. The van der Waals surface area contributed by atoms with E-state index in [0.29, 0.717) is 18.4 Å². The average Bonchev–Trinajstić information content (AvgIpc) is 3.11. The minimum atomic E-state index is -0.817. The Labute approximate surface area is 106 Å². The van der Waals surface area contributed by atoms with Gasteiger partial charge in [0, 0.05) is 12.1 Å². The average molecular weight is 247 g/mol. The summed E-state index contributed by atoms with van der Waals surface area (Å²) in [6.45, 7) is 4.15. The third-order valence-corrected chi connectivity index (χ3v) is 3.66. The largest absolute Gasteiger partial charge is 0.481 e. The first-order valence-electron chi connectivity index (χ1n) is 6.03. The fourth-order valence-corrected chi connectivity index (χ4v) is 1.85. The van der Waals surface area contributed by atoms with Crippen molar-refractivity contribution in [3.05, 3.63) is 34.9 Å². The molecular formula is C14H17NO3. The summed E-state index contributed by atoms with van der Waals surface area (Å²) in [7, 11) is 0. The van der Waals surface area contributed by atoms with Crippen molar-refractivity contribution >= 4 is 11.9 Å². The van der Waals surface area contributed by atoms with Crippen LogP contribution in [0.25, 0.3) is 0 Å². The van der Waals surface area contributed by atoms with E-state index in [-0.39, 0.29) is 12.5 Å². The first-order chi connectivity index (χ1) is 8.44. The number of benzene rings is 1. The Morgan fingerprint density at radius 2 is 1.94 bits per heavy atom. The predicted octanol–water partition coefficient (Wildman–Crippen LogP) is 1.90. The van der Waals surface area contributed by atoms with Crippen LogP contribution in [-0.4, -0.2) is 23.5 Å². The summed E-state index contributed by atoms with van der Waals surface area (Å²) in [6.07, 6.45) is 1.30. The van der Waals surface area contributed by atoms with Crippen molar-refractivity contribution in [1.29, 1.82) is 0 Å². The van der Waals surface area contributed by atoms with Crippen LogP contribution < -0.4 is 5.32 Å². The molecule has 0 heterocycles. The molecule has 1 aromatic carbocycles. The number of carboxylic acids is 1. The van der Waals surface area contributed by atoms with Gasteiger partial charge in [-0.05, 0) is 49.9 Å². The fourth-order valence-electron chi connectivity index (χ4n) is 1.85. The number of hydrogen-bond acceptors (Lipinski definition) is 2. The molecule has 1 aromatic rings. The normalized spacial score (nSPS) is 16.1. The third kappa shape index (κ3) is 2.37. The number of aliphatic carboxylic acids is 1. The van der Waals surface area contributed by atoms with E-state index in [1.165, 1.54) is 0 Å². The highest BCUT2D eigenvalue weighted by atomic mass is 16.4. The molecule has 0 aliphatic heterocycles. The number of amides is 1. The third-order valence-electron chi connectivity index (χ3n) is 3.66. The first-order valence-corrected chi connectivity index (χ1v) is 6.03. The molecule has 0 aromatic heterocycles. The van der Waals surface area contributed by atoms with Crippen LogP contribution in [0, 0.1) is 19.3 Å². The van der Waals surface area contributed by atoms with Crippen molar-refractivity contribution in [2.24, 2.45) is 5.41 Å². The van der Waals surface area contributed by atoms with Gasteiger partial charge >= 0.3 is 5.97 Å². The topological polar surface area (TPSA) is 66.4 Å². The maximum Gasteiger partial charge on any atom is 0.311 e. The second-order valence-corrected chi connectivity index (χ2v) is 5.07. The number of rotatable bonds is 4. The van der Waals surface area contributed by atoms with Crippen LogP contribution in [-0.2, 0) is 4.79 Å². The Kier molecular flexibility index (Phi) is 3.11. The smallest absolute Gasteiger partial charge is 0.311 e. The molecule has 0 spiro atoms. The van der Waals surface area contributed by atoms with Gasteiger partial charge in [0.15, 0.2) is 0 Å². The molecule has 4 nitrogen and oxygen atoms in total. The molecule has 0 radical (unpaired) electrons. The molecule has 0 saturated heterocycles. The minimum Gasteiger partial charge on any atom is -0.481 e. The number of carbonyl (C=O) groups is 2. The van der Waals surface area contributed by atoms with E-state index in [4.69, 9.17) is 5.11 Å². The lowest BCUT2D eigenvalue weighted by Crippen LogP contribution is -2.34. The van der Waals surface area contributed by atoms with Crippen LogP contribution in [0.1, 0.15) is 34.3 Å². The number of carboxylic acid groups (broad SMARTS) is 1. The summed E-state index contributed by atoms with van der Waals surface area (Å²) in [6, 6.07) is 5.48. The quantitative estimate of drug-likeness (QED) is 0.854. The fraction of sp³-hybridized carbons (Fsp3) is 0.429. The van der Waals surface area contributed by atoms with E-state index in [2.05, 4.69) is 5.32 Å². The number of aryl methyl sites for hydroxylation is 2. The Hall–Kier alpha value is -1.84. The van der Waals surface area contributed by atoms with E-state index in [9.17, 15) is 9.59 Å². The summed E-state index contributed by atoms with van der Waals surface area (Å²) in [4.78, 5) is 22.9. The van der Waals surface area contributed by atoms with Gasteiger partial charge in [-0.15, -0.1) is 0 Å². The summed E-state index contributed by atoms with van der Waals surface area (Å²) >= 11 is 0. The Morgan fingerprint density at radius 1 is 1.28 bits per heavy atom. The van der Waals surface area contributed by atoms with Crippen molar-refractivity contribution in [3.8, 4) is 0 Å². The molecule has 1 aliphatic carbocycles. The van der Waals surface area contributed by atoms with Gasteiger partial charge in [0.25, 0.3) is 5.91 Å². The lowest BCUT2D eigenvalue weighted by Gasteiger charge is -2.11. The van der Waals surface area contributed by atoms with E-state index in [1.807, 2.05) is 26.0 Å². The summed E-state index contributed by atoms with van der Waals surface area (Å²) in [5.74, 6) is -1.02. The van der Waals surface area contributed by atoms with Gasteiger partial charge in [0.2, 0.25) is 0 Å². The lowest BCUT2D eigenvalue weighted by atomic mass is 10.0. The maximum atomic E-state index is 11.9. The molecule has 1 fully saturated rings. The molecular weight excluding hydrogens is 230 g/mol. The van der Waals surface area contributed by atoms with Gasteiger partial charge in [-0.2, -0.15) is 0 Å². The van der Waals surface area contributed by atoms with Crippen molar-refractivity contribution in [2.45, 2.75) is 26.7 Å². The molecule has 4 heteroatoms. The van der Waals surface area contributed by atoms with Gasteiger partial charge in [-0.3, -0.25) is 9.59 Å². The summed E-state index contributed by atoms with van der Waals surface area (Å²) in [5, 5.41) is 11.7. The zero-order valence-corrected chi connectivity index (χ0v) is 10.6. The SMILES string of the molecule is Cc1ccc(C(=O)NCC2(C(=O)O)CC2)cc1C. The van der Waals surface area contributed by atoms with Crippen molar-refractivity contribution in [2.75, 3.05) is 6.54 Å². The highest BCUT2D eigenvalue weighted by Gasteiger charge is 2.50. The van der Waals surface area contributed by atoms with Gasteiger partial charge in [0.05, 0.1) is 5.41 Å². The molecule has 1 amide bonds. The summed E-state index contributed by atoms with van der Waals surface area (Å²) in [5.41, 5.74) is 2.06. The Morgan fingerprint density at radius 3 is 2.44 bits per heavy atom. The zero-order valence-electron chi connectivity index (χ0n) is 10.6. The molecule has 18 heavy (non-hydrogen) atoms. The second-order valence-electron chi connectivity index (χ2n) is 5.07. The van der Waals surface area contributed by atoms with Crippen LogP contribution in [0.15, 0.2) is 18.2 Å². The maximum absolute atomic E-state index is 11.9. The Bertz CT molecular complexity index is 504. The number of hydrogen-bond donors (Lipinski definition) is 2. The van der Waals surface area contributed by atoms with E-state index < -0.39 is 11.4 Å². The van der Waals surface area contributed by atoms with E-state index in [0.717, 1.165) is 11.1 Å². The van der Waals surface area contributed by atoms with Crippen molar-refractivity contribution < 1.29 is 14.7 Å². The predicted molar refractivity (Wildman–Crippen MR) is 67.6 cm³/mol. The first kappa shape index (κ1) is 12.6. The van der Waals surface area contributed by atoms with Crippen LogP contribution in [0.3, 0.4) is 0 Å². The molecule has 0 bridgehead atoms. The molecule has 2 rings (SSSR count). The van der Waals surface area contributed by atoms with Crippen LogP contribution >= 0.6 is 0 Å². The van der Waals surface area contributed by atoms with Gasteiger partial charge in [0.1, 0.15) is 0 Å². The highest BCUT2D eigenvalue weighted by Crippen LogP contribution is 2.45. The molecule has 1 aliphatic rings. The van der Waals surface area contributed by atoms with Crippen LogP contribution in [0.5, 0.6) is 0 Å². The Balaban J connectivity index is 2.00. The van der Waals surface area contributed by atoms with E-state index >= 15 is 0 Å². The van der Waals surface area contributed by atoms with Gasteiger partial charge in [-0.1, -0.05) is 6.07 Å². The molecule has 96 valence electrons. The van der Waals surface area contributed by atoms with Gasteiger partial charge < -0.3 is 10.4 Å². The molecule has 1 saturated carbocycles. The standard InChI is InChI=1S/C14H17NO3/c1-9-3-4-11(7-10(9)2)12(16)15-8-14(5-6-14)13(17)18/h3-4,7H,5-6,8H2,1-2H3,(H,15,16)(H,17,18). The van der Waals surface area contributed by atoms with Crippen molar-refractivity contribution in [1.82, 2.24) is 5.32 Å². The molecule has 0 atom stereocenters. The number of nitrogens with one attached hydrogen (secondary N) is 1. The zero-order chi connectivity index (χ0) is 13.3. The number of carbonyl (C=O) groups excluding carboxylic acids is 1. The van der Waals surface area contributed by atoms with Gasteiger partial charge in [-0.25, -0.2) is 0 Å². The van der Waals surface area contributed by atoms with E-state index in [1.54, 1.807) is 6.07 Å². The minimum absolute atomic E-state index is 0.203. The summed E-state index contributed by atoms with van der Waals surface area (Å²) < 4.78 is 0. The van der Waals surface area contributed by atoms with Crippen LogP contribution in [0.2, 0.25) is 0 Å². The van der Waals surface area contributed by atoms with Crippen LogP contribution in [0.4, 0.5) is 0 Å². The molecule has 2 N–H and O–H groups in total. The van der Waals surface area contributed by atoms with Crippen molar-refractivity contribution in [3.63, 3.8) is 0 Å². The highest BCUT2D eigenvalue weighted by molar-refractivity contribution is 5.95.